The molecule has 0 fully saturated rings. The van der Waals surface area contributed by atoms with Crippen LogP contribution < -0.4 is 0 Å². The molecule has 0 aliphatic heterocycles. The van der Waals surface area contributed by atoms with Gasteiger partial charge in [0.25, 0.3) is 0 Å². The number of nitrogens with zero attached hydrogens (tertiary/aromatic N) is 3. The number of hydrogen-bond acceptors (Lipinski definition) is 2. The van der Waals surface area contributed by atoms with Gasteiger partial charge in [-0.15, -0.1) is 0 Å². The van der Waals surface area contributed by atoms with Crippen LogP contribution in [0.1, 0.15) is 44.7 Å². The van der Waals surface area contributed by atoms with Crippen molar-refractivity contribution in [3.05, 3.63) is 54.6 Å². The van der Waals surface area contributed by atoms with Gasteiger partial charge in [0.05, 0.1) is 6.33 Å². The van der Waals surface area contributed by atoms with Gasteiger partial charge in [0.2, 0.25) is 5.91 Å². The van der Waals surface area contributed by atoms with Crippen molar-refractivity contribution >= 4 is 5.91 Å². The van der Waals surface area contributed by atoms with Crippen molar-refractivity contribution < 1.29 is 4.79 Å². The van der Waals surface area contributed by atoms with Gasteiger partial charge in [-0.1, -0.05) is 37.3 Å². The molecule has 0 radical (unpaired) electrons. The smallest absolute Gasteiger partial charge is 0.245 e. The Hall–Kier alpha value is -2.10. The first kappa shape index (κ1) is 16.3. The fraction of sp³-hybridized carbons (Fsp3) is 0.444. The molecule has 2 aromatic rings. The van der Waals surface area contributed by atoms with Crippen LogP contribution in [0.2, 0.25) is 0 Å². The van der Waals surface area contributed by atoms with E-state index in [1.165, 1.54) is 5.56 Å². The number of carbonyl (C=O) groups excluding carboxylic acids is 1. The number of hydrogen-bond donors (Lipinski definition) is 0. The van der Waals surface area contributed by atoms with Crippen LogP contribution in [-0.2, 0) is 4.79 Å². The van der Waals surface area contributed by atoms with Crippen molar-refractivity contribution in [2.24, 2.45) is 0 Å². The summed E-state index contributed by atoms with van der Waals surface area (Å²) in [5, 5.41) is 0. The van der Waals surface area contributed by atoms with Gasteiger partial charge in [0, 0.05) is 31.4 Å². The van der Waals surface area contributed by atoms with E-state index < -0.39 is 0 Å². The quantitative estimate of drug-likeness (QED) is 0.785. The van der Waals surface area contributed by atoms with Gasteiger partial charge < -0.3 is 9.47 Å². The average molecular weight is 299 g/mol. The Morgan fingerprint density at radius 3 is 2.55 bits per heavy atom. The third-order valence-corrected chi connectivity index (χ3v) is 4.23. The molecule has 0 N–H and O–H groups in total. The third kappa shape index (κ3) is 3.75. The molecule has 2 rings (SSSR count). The molecule has 1 amide bonds. The number of amides is 1. The van der Waals surface area contributed by atoms with E-state index in [-0.39, 0.29) is 11.9 Å². The van der Waals surface area contributed by atoms with Gasteiger partial charge in [0.15, 0.2) is 0 Å². The van der Waals surface area contributed by atoms with Gasteiger partial charge >= 0.3 is 0 Å². The molecular formula is C18H25N3O. The van der Waals surface area contributed by atoms with E-state index in [9.17, 15) is 4.79 Å². The molecule has 0 saturated heterocycles. The highest BCUT2D eigenvalue weighted by molar-refractivity contribution is 5.80. The lowest BCUT2D eigenvalue weighted by molar-refractivity contribution is -0.134. The fourth-order valence-electron chi connectivity index (χ4n) is 2.73. The van der Waals surface area contributed by atoms with E-state index in [4.69, 9.17) is 0 Å². The highest BCUT2D eigenvalue weighted by Crippen LogP contribution is 2.22. The summed E-state index contributed by atoms with van der Waals surface area (Å²) in [4.78, 5) is 18.7. The van der Waals surface area contributed by atoms with Crippen molar-refractivity contribution in [1.82, 2.24) is 14.5 Å². The minimum atomic E-state index is -0.212. The van der Waals surface area contributed by atoms with Crippen molar-refractivity contribution in [2.75, 3.05) is 13.1 Å². The van der Waals surface area contributed by atoms with Crippen LogP contribution in [0.15, 0.2) is 49.1 Å². The van der Waals surface area contributed by atoms with E-state index in [1.807, 2.05) is 35.6 Å². The summed E-state index contributed by atoms with van der Waals surface area (Å²) >= 11 is 0. The van der Waals surface area contributed by atoms with Crippen molar-refractivity contribution in [3.63, 3.8) is 0 Å². The van der Waals surface area contributed by atoms with Gasteiger partial charge in [-0.25, -0.2) is 4.98 Å². The Balaban J connectivity index is 2.09. The lowest BCUT2D eigenvalue weighted by Gasteiger charge is -2.29. The zero-order valence-corrected chi connectivity index (χ0v) is 13.6. The van der Waals surface area contributed by atoms with E-state index in [1.54, 1.807) is 12.5 Å². The molecule has 0 spiro atoms. The average Bonchev–Trinajstić information content (AvgIpc) is 3.10. The minimum Gasteiger partial charge on any atom is -0.341 e. The number of rotatable bonds is 7. The van der Waals surface area contributed by atoms with E-state index in [0.717, 1.165) is 19.5 Å². The molecule has 0 bridgehead atoms. The molecule has 0 aliphatic carbocycles. The zero-order chi connectivity index (χ0) is 15.9. The molecule has 1 aromatic heterocycles. The summed E-state index contributed by atoms with van der Waals surface area (Å²) in [6.07, 6.45) is 6.27. The van der Waals surface area contributed by atoms with Crippen LogP contribution in [0.25, 0.3) is 0 Å². The lowest BCUT2D eigenvalue weighted by atomic mass is 9.95. The van der Waals surface area contributed by atoms with E-state index >= 15 is 0 Å². The summed E-state index contributed by atoms with van der Waals surface area (Å²) < 4.78 is 1.86. The van der Waals surface area contributed by atoms with Crippen LogP contribution in [0.3, 0.4) is 0 Å². The molecule has 2 atom stereocenters. The Labute approximate surface area is 132 Å². The number of carbonyl (C=O) groups is 1. The standard InChI is InChI=1S/C18H25N3O/c1-4-16(17-9-7-6-8-10-17)13-20(5-2)18(22)15(3)21-12-11-19-14-21/h6-12,14-16H,4-5,13H2,1-3H3. The Morgan fingerprint density at radius 1 is 1.27 bits per heavy atom. The second kappa shape index (κ2) is 7.78. The number of benzene rings is 1. The van der Waals surface area contributed by atoms with Gasteiger partial charge in [-0.3, -0.25) is 4.79 Å². The summed E-state index contributed by atoms with van der Waals surface area (Å²) in [6, 6.07) is 10.2. The Morgan fingerprint density at radius 2 is 2.00 bits per heavy atom. The largest absolute Gasteiger partial charge is 0.341 e. The predicted octanol–water partition coefficient (Wildman–Crippen LogP) is 3.49. The van der Waals surface area contributed by atoms with Gasteiger partial charge in [-0.05, 0) is 25.8 Å². The van der Waals surface area contributed by atoms with Gasteiger partial charge in [0.1, 0.15) is 6.04 Å². The molecule has 1 aromatic carbocycles. The number of imidazole rings is 1. The maximum absolute atomic E-state index is 12.7. The highest BCUT2D eigenvalue weighted by atomic mass is 16.2. The third-order valence-electron chi connectivity index (χ3n) is 4.23. The first-order valence-corrected chi connectivity index (χ1v) is 7.98. The molecule has 0 aliphatic rings. The molecular weight excluding hydrogens is 274 g/mol. The molecule has 2 unspecified atom stereocenters. The summed E-state index contributed by atoms with van der Waals surface area (Å²) in [5.74, 6) is 0.523. The summed E-state index contributed by atoms with van der Waals surface area (Å²) in [6.45, 7) is 7.62. The number of aromatic nitrogens is 2. The first-order chi connectivity index (χ1) is 10.7. The normalized spacial score (nSPS) is 13.6. The predicted molar refractivity (Wildman–Crippen MR) is 88.7 cm³/mol. The van der Waals surface area contributed by atoms with Crippen LogP contribution in [-0.4, -0.2) is 33.4 Å². The molecule has 22 heavy (non-hydrogen) atoms. The van der Waals surface area contributed by atoms with Crippen LogP contribution in [0.5, 0.6) is 0 Å². The van der Waals surface area contributed by atoms with Gasteiger partial charge in [-0.2, -0.15) is 0 Å². The zero-order valence-electron chi connectivity index (χ0n) is 13.6. The van der Waals surface area contributed by atoms with Crippen molar-refractivity contribution in [2.45, 2.75) is 39.2 Å². The van der Waals surface area contributed by atoms with Crippen LogP contribution >= 0.6 is 0 Å². The topological polar surface area (TPSA) is 38.1 Å². The second-order valence-corrected chi connectivity index (χ2v) is 5.58. The molecule has 1 heterocycles. The Bertz CT molecular complexity index is 565. The molecule has 4 nitrogen and oxygen atoms in total. The van der Waals surface area contributed by atoms with Crippen molar-refractivity contribution in [1.29, 1.82) is 0 Å². The maximum Gasteiger partial charge on any atom is 0.245 e. The molecule has 0 saturated carbocycles. The summed E-state index contributed by atoms with van der Waals surface area (Å²) in [5.41, 5.74) is 1.30. The monoisotopic (exact) mass is 299 g/mol. The van der Waals surface area contributed by atoms with Crippen LogP contribution in [0.4, 0.5) is 0 Å². The SMILES string of the molecule is CCC(CN(CC)C(=O)C(C)n1ccnc1)c1ccccc1. The minimum absolute atomic E-state index is 0.148. The lowest BCUT2D eigenvalue weighted by Crippen LogP contribution is -2.38. The Kier molecular flexibility index (Phi) is 5.75. The van der Waals surface area contributed by atoms with Crippen molar-refractivity contribution in [3.8, 4) is 0 Å². The maximum atomic E-state index is 12.7. The van der Waals surface area contributed by atoms with E-state index in [0.29, 0.717) is 5.92 Å². The number of likely N-dealkylation sites (N-methyl/N-ethyl adjacent to an activating group) is 1. The molecule has 4 heteroatoms. The molecule has 118 valence electrons. The summed E-state index contributed by atoms with van der Waals surface area (Å²) in [7, 11) is 0. The second-order valence-electron chi connectivity index (χ2n) is 5.58. The fourth-order valence-corrected chi connectivity index (χ4v) is 2.73. The first-order valence-electron chi connectivity index (χ1n) is 7.98. The van der Waals surface area contributed by atoms with E-state index in [2.05, 4.69) is 36.2 Å². The highest BCUT2D eigenvalue weighted by Gasteiger charge is 2.23. The van der Waals surface area contributed by atoms with Crippen LogP contribution in [0, 0.1) is 0 Å².